The first kappa shape index (κ1) is 14.1. The van der Waals surface area contributed by atoms with Gasteiger partial charge in [-0.05, 0) is 43.2 Å². The van der Waals surface area contributed by atoms with Gasteiger partial charge in [0.25, 0.3) is 0 Å². The van der Waals surface area contributed by atoms with Crippen molar-refractivity contribution in [2.24, 2.45) is 0 Å². The molecule has 104 valence electrons. The molecule has 0 unspecified atom stereocenters. The maximum atomic E-state index is 13.5. The van der Waals surface area contributed by atoms with Gasteiger partial charge in [-0.25, -0.2) is 9.18 Å². The smallest absolute Gasteiger partial charge is 0.336 e. The van der Waals surface area contributed by atoms with Gasteiger partial charge in [0.1, 0.15) is 11.6 Å². The van der Waals surface area contributed by atoms with Gasteiger partial charge in [0.2, 0.25) is 0 Å². The molecule has 0 heterocycles. The average molecular weight is 274 g/mol. The number of carbonyl (C=O) groups is 1. The number of hydrogen-bond donors (Lipinski definition) is 1. The van der Waals surface area contributed by atoms with Crippen molar-refractivity contribution < 1.29 is 19.0 Å². The van der Waals surface area contributed by atoms with Crippen LogP contribution in [0.1, 0.15) is 21.5 Å². The lowest BCUT2D eigenvalue weighted by Gasteiger charge is -2.15. The topological polar surface area (TPSA) is 46.5 Å². The molecule has 0 aliphatic carbocycles. The standard InChI is InChI=1S/C16H15FO3/c1-9-4-6-12(15(20-3)10(9)2)14-8-11(17)5-7-13(14)16(18)19/h4-8H,1-3H3,(H,18,19). The quantitative estimate of drug-likeness (QED) is 0.925. The van der Waals surface area contributed by atoms with Gasteiger partial charge in [0, 0.05) is 11.1 Å². The fraction of sp³-hybridized carbons (Fsp3) is 0.188. The molecule has 20 heavy (non-hydrogen) atoms. The monoisotopic (exact) mass is 274 g/mol. The Bertz CT molecular complexity index is 678. The predicted molar refractivity (Wildman–Crippen MR) is 74.8 cm³/mol. The van der Waals surface area contributed by atoms with Gasteiger partial charge in [-0.15, -0.1) is 0 Å². The van der Waals surface area contributed by atoms with Gasteiger partial charge in [-0.2, -0.15) is 0 Å². The lowest BCUT2D eigenvalue weighted by atomic mass is 9.95. The van der Waals surface area contributed by atoms with Gasteiger partial charge in [-0.3, -0.25) is 0 Å². The van der Waals surface area contributed by atoms with Crippen LogP contribution in [-0.2, 0) is 0 Å². The Morgan fingerprint density at radius 1 is 1.15 bits per heavy atom. The molecule has 0 fully saturated rings. The summed E-state index contributed by atoms with van der Waals surface area (Å²) in [6.07, 6.45) is 0. The first-order valence-corrected chi connectivity index (χ1v) is 6.13. The number of aromatic carboxylic acids is 1. The minimum atomic E-state index is -1.10. The molecule has 0 aliphatic rings. The third kappa shape index (κ3) is 2.37. The van der Waals surface area contributed by atoms with E-state index in [1.54, 1.807) is 6.07 Å². The highest BCUT2D eigenvalue weighted by Gasteiger charge is 2.17. The van der Waals surface area contributed by atoms with E-state index < -0.39 is 11.8 Å². The lowest BCUT2D eigenvalue weighted by molar-refractivity contribution is 0.0697. The molecular weight excluding hydrogens is 259 g/mol. The van der Waals surface area contributed by atoms with Crippen LogP contribution in [-0.4, -0.2) is 18.2 Å². The van der Waals surface area contributed by atoms with Crippen LogP contribution in [0.4, 0.5) is 4.39 Å². The van der Waals surface area contributed by atoms with Crippen molar-refractivity contribution in [3.05, 3.63) is 52.8 Å². The van der Waals surface area contributed by atoms with E-state index in [4.69, 9.17) is 4.74 Å². The van der Waals surface area contributed by atoms with Gasteiger partial charge < -0.3 is 9.84 Å². The van der Waals surface area contributed by atoms with Crippen molar-refractivity contribution in [3.63, 3.8) is 0 Å². The highest BCUT2D eigenvalue weighted by Crippen LogP contribution is 2.36. The normalized spacial score (nSPS) is 10.4. The summed E-state index contributed by atoms with van der Waals surface area (Å²) in [7, 11) is 1.52. The number of methoxy groups -OCH3 is 1. The summed E-state index contributed by atoms with van der Waals surface area (Å²) in [5, 5.41) is 9.24. The summed E-state index contributed by atoms with van der Waals surface area (Å²) in [5.41, 5.74) is 2.88. The zero-order chi connectivity index (χ0) is 14.9. The Labute approximate surface area is 116 Å². The maximum absolute atomic E-state index is 13.5. The lowest BCUT2D eigenvalue weighted by Crippen LogP contribution is -2.02. The molecule has 0 spiro atoms. The van der Waals surface area contributed by atoms with E-state index in [2.05, 4.69) is 0 Å². The van der Waals surface area contributed by atoms with Crippen LogP contribution in [0.15, 0.2) is 30.3 Å². The van der Waals surface area contributed by atoms with Crippen molar-refractivity contribution in [3.8, 4) is 16.9 Å². The molecule has 0 saturated heterocycles. The molecule has 2 rings (SSSR count). The maximum Gasteiger partial charge on any atom is 0.336 e. The number of rotatable bonds is 3. The zero-order valence-corrected chi connectivity index (χ0v) is 11.5. The Morgan fingerprint density at radius 3 is 2.45 bits per heavy atom. The number of carboxylic acid groups (broad SMARTS) is 1. The summed E-state index contributed by atoms with van der Waals surface area (Å²) in [5.74, 6) is -1.01. The van der Waals surface area contributed by atoms with Crippen molar-refractivity contribution in [2.45, 2.75) is 13.8 Å². The molecule has 1 N–H and O–H groups in total. The van der Waals surface area contributed by atoms with E-state index in [1.807, 2.05) is 19.9 Å². The molecule has 0 atom stereocenters. The van der Waals surface area contributed by atoms with E-state index >= 15 is 0 Å². The minimum Gasteiger partial charge on any atom is -0.496 e. The summed E-state index contributed by atoms with van der Waals surface area (Å²) in [4.78, 5) is 11.3. The van der Waals surface area contributed by atoms with Crippen LogP contribution in [0.5, 0.6) is 5.75 Å². The molecule has 0 amide bonds. The van der Waals surface area contributed by atoms with E-state index in [1.165, 1.54) is 19.2 Å². The number of aryl methyl sites for hydroxylation is 1. The third-order valence-electron chi connectivity index (χ3n) is 3.38. The Kier molecular flexibility index (Phi) is 3.74. The molecule has 0 saturated carbocycles. The zero-order valence-electron chi connectivity index (χ0n) is 11.5. The van der Waals surface area contributed by atoms with Gasteiger partial charge in [0.15, 0.2) is 0 Å². The molecule has 0 aliphatic heterocycles. The molecule has 0 bridgehead atoms. The number of carboxylic acids is 1. The fourth-order valence-electron chi connectivity index (χ4n) is 2.19. The van der Waals surface area contributed by atoms with Crippen LogP contribution < -0.4 is 4.74 Å². The summed E-state index contributed by atoms with van der Waals surface area (Å²) >= 11 is 0. The molecule has 2 aromatic rings. The molecule has 3 nitrogen and oxygen atoms in total. The molecule has 4 heteroatoms. The minimum absolute atomic E-state index is 0.0490. The summed E-state index contributed by atoms with van der Waals surface area (Å²) in [6, 6.07) is 7.24. The second-order valence-electron chi connectivity index (χ2n) is 4.58. The Morgan fingerprint density at radius 2 is 1.85 bits per heavy atom. The van der Waals surface area contributed by atoms with Crippen molar-refractivity contribution in [2.75, 3.05) is 7.11 Å². The van der Waals surface area contributed by atoms with E-state index in [0.29, 0.717) is 16.9 Å². The average Bonchev–Trinajstić information content (AvgIpc) is 2.41. The first-order chi connectivity index (χ1) is 9.45. The predicted octanol–water partition coefficient (Wildman–Crippen LogP) is 3.82. The number of ether oxygens (including phenoxy) is 1. The van der Waals surface area contributed by atoms with Crippen molar-refractivity contribution in [1.82, 2.24) is 0 Å². The SMILES string of the molecule is COc1c(-c2cc(F)ccc2C(=O)O)ccc(C)c1C. The third-order valence-corrected chi connectivity index (χ3v) is 3.38. The van der Waals surface area contributed by atoms with E-state index in [0.717, 1.165) is 17.2 Å². The van der Waals surface area contributed by atoms with Crippen LogP contribution in [0.2, 0.25) is 0 Å². The van der Waals surface area contributed by atoms with E-state index in [-0.39, 0.29) is 5.56 Å². The Hall–Kier alpha value is -2.36. The Balaban J connectivity index is 2.77. The van der Waals surface area contributed by atoms with Crippen LogP contribution >= 0.6 is 0 Å². The van der Waals surface area contributed by atoms with Crippen molar-refractivity contribution in [1.29, 1.82) is 0 Å². The number of benzene rings is 2. The van der Waals surface area contributed by atoms with Crippen LogP contribution in [0.25, 0.3) is 11.1 Å². The van der Waals surface area contributed by atoms with Gasteiger partial charge in [-0.1, -0.05) is 12.1 Å². The fourth-order valence-corrected chi connectivity index (χ4v) is 2.19. The second kappa shape index (κ2) is 5.33. The van der Waals surface area contributed by atoms with Crippen LogP contribution in [0, 0.1) is 19.7 Å². The van der Waals surface area contributed by atoms with E-state index in [9.17, 15) is 14.3 Å². The number of hydrogen-bond acceptors (Lipinski definition) is 2. The largest absolute Gasteiger partial charge is 0.496 e. The highest BCUT2D eigenvalue weighted by molar-refractivity contribution is 5.97. The molecule has 0 aromatic heterocycles. The van der Waals surface area contributed by atoms with Gasteiger partial charge in [0.05, 0.1) is 12.7 Å². The van der Waals surface area contributed by atoms with Crippen molar-refractivity contribution >= 4 is 5.97 Å². The highest BCUT2D eigenvalue weighted by atomic mass is 19.1. The molecule has 2 aromatic carbocycles. The summed E-state index contributed by atoms with van der Waals surface area (Å²) < 4.78 is 18.8. The summed E-state index contributed by atoms with van der Waals surface area (Å²) in [6.45, 7) is 3.82. The first-order valence-electron chi connectivity index (χ1n) is 6.13. The van der Waals surface area contributed by atoms with Gasteiger partial charge >= 0.3 is 5.97 Å². The number of halogens is 1. The molecule has 0 radical (unpaired) electrons. The van der Waals surface area contributed by atoms with Crippen LogP contribution in [0.3, 0.4) is 0 Å². The molecular formula is C16H15FO3. The second-order valence-corrected chi connectivity index (χ2v) is 4.58.